The van der Waals surface area contributed by atoms with Crippen molar-refractivity contribution >= 4 is 17.4 Å². The highest BCUT2D eigenvalue weighted by atomic mass is 35.5. The molecule has 0 fully saturated rings. The van der Waals surface area contributed by atoms with Gasteiger partial charge >= 0.3 is 0 Å². The zero-order valence-corrected chi connectivity index (χ0v) is 10.0. The second-order valence-corrected chi connectivity index (χ2v) is 4.32. The largest absolute Gasteiger partial charge is 0.329 e. The zero-order chi connectivity index (χ0) is 11.6. The molecular formula is C10H16ClN3O. The molecule has 84 valence electrons. The fourth-order valence-electron chi connectivity index (χ4n) is 1.35. The van der Waals surface area contributed by atoms with Gasteiger partial charge in [0.2, 0.25) is 0 Å². The standard InChI is InChI=1S/C10H16ClN3O/c1-4-10(2,6-12)9(15)8-7(11)5-13-14(8)3/h5H,4,6,12H2,1-3H3. The van der Waals surface area contributed by atoms with Crippen LogP contribution in [0.1, 0.15) is 30.8 Å². The predicted molar refractivity (Wildman–Crippen MR) is 60.0 cm³/mol. The van der Waals surface area contributed by atoms with E-state index >= 15 is 0 Å². The minimum absolute atomic E-state index is 0.0440. The van der Waals surface area contributed by atoms with Gasteiger partial charge in [0, 0.05) is 19.0 Å². The fourth-order valence-corrected chi connectivity index (χ4v) is 1.60. The van der Waals surface area contributed by atoms with Gasteiger partial charge in [-0.2, -0.15) is 5.10 Å². The lowest BCUT2D eigenvalue weighted by Gasteiger charge is -2.24. The highest BCUT2D eigenvalue weighted by molar-refractivity contribution is 6.33. The summed E-state index contributed by atoms with van der Waals surface area (Å²) in [4.78, 5) is 12.2. The maximum absolute atomic E-state index is 12.2. The van der Waals surface area contributed by atoms with E-state index in [2.05, 4.69) is 5.10 Å². The SMILES string of the molecule is CCC(C)(CN)C(=O)c1c(Cl)cnn1C. The number of rotatable bonds is 4. The van der Waals surface area contributed by atoms with Gasteiger partial charge in [-0.3, -0.25) is 9.48 Å². The monoisotopic (exact) mass is 229 g/mol. The number of carbonyl (C=O) groups excluding carboxylic acids is 1. The number of carbonyl (C=O) groups is 1. The Hall–Kier alpha value is -0.870. The summed E-state index contributed by atoms with van der Waals surface area (Å²) in [5.74, 6) is -0.0440. The molecule has 5 heteroatoms. The molecule has 0 aliphatic heterocycles. The van der Waals surface area contributed by atoms with E-state index in [-0.39, 0.29) is 5.78 Å². The summed E-state index contributed by atoms with van der Waals surface area (Å²) in [6.45, 7) is 4.09. The van der Waals surface area contributed by atoms with Crippen LogP contribution in [-0.4, -0.2) is 22.1 Å². The van der Waals surface area contributed by atoms with Gasteiger partial charge in [-0.05, 0) is 6.42 Å². The van der Waals surface area contributed by atoms with Gasteiger partial charge in [-0.25, -0.2) is 0 Å². The number of hydrogen-bond acceptors (Lipinski definition) is 3. The first-order valence-electron chi connectivity index (χ1n) is 4.88. The molecular weight excluding hydrogens is 214 g/mol. The molecule has 0 amide bonds. The summed E-state index contributed by atoms with van der Waals surface area (Å²) in [6, 6.07) is 0. The minimum Gasteiger partial charge on any atom is -0.329 e. The number of nitrogens with two attached hydrogens (primary N) is 1. The Kier molecular flexibility index (Phi) is 3.52. The molecule has 0 aliphatic carbocycles. The van der Waals surface area contributed by atoms with Crippen LogP contribution in [0.4, 0.5) is 0 Å². The van der Waals surface area contributed by atoms with Crippen molar-refractivity contribution in [2.45, 2.75) is 20.3 Å². The van der Waals surface area contributed by atoms with Gasteiger partial charge in [0.25, 0.3) is 0 Å². The van der Waals surface area contributed by atoms with E-state index in [4.69, 9.17) is 17.3 Å². The highest BCUT2D eigenvalue weighted by Gasteiger charge is 2.33. The van der Waals surface area contributed by atoms with Gasteiger partial charge in [-0.15, -0.1) is 0 Å². The maximum atomic E-state index is 12.2. The van der Waals surface area contributed by atoms with E-state index in [1.807, 2.05) is 13.8 Å². The van der Waals surface area contributed by atoms with Crippen molar-refractivity contribution in [3.8, 4) is 0 Å². The number of Topliss-reactive ketones (excluding diaryl/α,β-unsaturated/α-hetero) is 1. The first-order chi connectivity index (χ1) is 6.96. The maximum Gasteiger partial charge on any atom is 0.189 e. The van der Waals surface area contributed by atoms with Crippen LogP contribution in [0, 0.1) is 5.41 Å². The average Bonchev–Trinajstić information content (AvgIpc) is 2.56. The lowest BCUT2D eigenvalue weighted by Crippen LogP contribution is -2.36. The van der Waals surface area contributed by atoms with E-state index in [0.717, 1.165) is 0 Å². The molecule has 0 saturated heterocycles. The molecule has 1 atom stereocenters. The van der Waals surface area contributed by atoms with E-state index in [1.165, 1.54) is 10.9 Å². The minimum atomic E-state index is -0.558. The van der Waals surface area contributed by atoms with Crippen LogP contribution in [0.3, 0.4) is 0 Å². The van der Waals surface area contributed by atoms with Gasteiger partial charge in [-0.1, -0.05) is 25.4 Å². The highest BCUT2D eigenvalue weighted by Crippen LogP contribution is 2.28. The Morgan fingerprint density at radius 1 is 1.73 bits per heavy atom. The predicted octanol–water partition coefficient (Wildman–Crippen LogP) is 1.63. The molecule has 1 heterocycles. The molecule has 0 bridgehead atoms. The summed E-state index contributed by atoms with van der Waals surface area (Å²) >= 11 is 5.91. The number of aryl methyl sites for hydroxylation is 1. The third kappa shape index (κ3) is 2.06. The van der Waals surface area contributed by atoms with E-state index in [9.17, 15) is 4.79 Å². The van der Waals surface area contributed by atoms with Crippen LogP contribution in [-0.2, 0) is 7.05 Å². The van der Waals surface area contributed by atoms with Crippen LogP contribution >= 0.6 is 11.6 Å². The second kappa shape index (κ2) is 4.33. The molecule has 1 aromatic rings. The van der Waals surface area contributed by atoms with Crippen LogP contribution in [0.5, 0.6) is 0 Å². The van der Waals surface area contributed by atoms with E-state index < -0.39 is 5.41 Å². The van der Waals surface area contributed by atoms with Crippen molar-refractivity contribution < 1.29 is 4.79 Å². The molecule has 1 rings (SSSR count). The Morgan fingerprint density at radius 3 is 2.67 bits per heavy atom. The van der Waals surface area contributed by atoms with Gasteiger partial charge < -0.3 is 5.73 Å². The first kappa shape index (κ1) is 12.2. The van der Waals surface area contributed by atoms with Crippen LogP contribution < -0.4 is 5.73 Å². The topological polar surface area (TPSA) is 60.9 Å². The Morgan fingerprint density at radius 2 is 2.33 bits per heavy atom. The number of hydrogen-bond donors (Lipinski definition) is 1. The smallest absolute Gasteiger partial charge is 0.189 e. The third-order valence-electron chi connectivity index (χ3n) is 2.89. The number of aromatic nitrogens is 2. The lowest BCUT2D eigenvalue weighted by atomic mass is 9.81. The summed E-state index contributed by atoms with van der Waals surface area (Å²) in [7, 11) is 1.70. The zero-order valence-electron chi connectivity index (χ0n) is 9.25. The van der Waals surface area contributed by atoms with Crippen molar-refractivity contribution in [2.75, 3.05) is 6.54 Å². The Labute approximate surface area is 94.4 Å². The van der Waals surface area contributed by atoms with Crippen molar-refractivity contribution in [3.63, 3.8) is 0 Å². The van der Waals surface area contributed by atoms with Crippen molar-refractivity contribution in [1.82, 2.24) is 9.78 Å². The summed E-state index contributed by atoms with van der Waals surface area (Å²) < 4.78 is 1.49. The number of ketones is 1. The first-order valence-corrected chi connectivity index (χ1v) is 5.26. The van der Waals surface area contributed by atoms with E-state index in [0.29, 0.717) is 23.7 Å². The molecule has 0 spiro atoms. The van der Waals surface area contributed by atoms with Crippen LogP contribution in [0.15, 0.2) is 6.20 Å². The lowest BCUT2D eigenvalue weighted by molar-refractivity contribution is 0.0810. The van der Waals surface area contributed by atoms with Gasteiger partial charge in [0.05, 0.1) is 11.2 Å². The molecule has 0 aliphatic rings. The molecule has 4 nitrogen and oxygen atoms in total. The van der Waals surface area contributed by atoms with Crippen LogP contribution in [0.2, 0.25) is 5.02 Å². The van der Waals surface area contributed by atoms with Gasteiger partial charge in [0.15, 0.2) is 5.78 Å². The molecule has 2 N–H and O–H groups in total. The van der Waals surface area contributed by atoms with Crippen molar-refractivity contribution in [1.29, 1.82) is 0 Å². The van der Waals surface area contributed by atoms with Crippen molar-refractivity contribution in [2.24, 2.45) is 18.2 Å². The third-order valence-corrected chi connectivity index (χ3v) is 3.16. The molecule has 1 unspecified atom stereocenters. The van der Waals surface area contributed by atoms with E-state index in [1.54, 1.807) is 7.05 Å². The fraction of sp³-hybridized carbons (Fsp3) is 0.600. The normalized spacial score (nSPS) is 15.0. The van der Waals surface area contributed by atoms with Crippen molar-refractivity contribution in [3.05, 3.63) is 16.9 Å². The Bertz CT molecular complexity index is 349. The summed E-state index contributed by atoms with van der Waals surface area (Å²) in [6.07, 6.45) is 2.16. The Balaban J connectivity index is 3.14. The molecule has 0 radical (unpaired) electrons. The molecule has 0 saturated carbocycles. The van der Waals surface area contributed by atoms with Crippen LogP contribution in [0.25, 0.3) is 0 Å². The molecule has 15 heavy (non-hydrogen) atoms. The molecule has 1 aromatic heterocycles. The quantitative estimate of drug-likeness (QED) is 0.799. The average molecular weight is 230 g/mol. The summed E-state index contributed by atoms with van der Waals surface area (Å²) in [5.41, 5.74) is 5.51. The number of halogens is 1. The number of nitrogens with zero attached hydrogens (tertiary/aromatic N) is 2. The van der Waals surface area contributed by atoms with Gasteiger partial charge in [0.1, 0.15) is 5.69 Å². The second-order valence-electron chi connectivity index (χ2n) is 3.91. The molecule has 0 aromatic carbocycles. The summed E-state index contributed by atoms with van der Waals surface area (Å²) in [5, 5.41) is 4.33.